The van der Waals surface area contributed by atoms with Crippen LogP contribution in [0.1, 0.15) is 24.5 Å². The van der Waals surface area contributed by atoms with Crippen molar-refractivity contribution in [2.45, 2.75) is 19.9 Å². The number of hydrogen-bond donors (Lipinski definition) is 1. The van der Waals surface area contributed by atoms with E-state index >= 15 is 0 Å². The predicted molar refractivity (Wildman–Crippen MR) is 107 cm³/mol. The SMILES string of the molecule is C=C(/C(=C\C(=O)OC)CC)c1cccnc1N(N)Cc1ccc(OC)cc1. The second-order valence-electron chi connectivity index (χ2n) is 5.88. The molecule has 2 rings (SSSR count). The van der Waals surface area contributed by atoms with Gasteiger partial charge in [0.05, 0.1) is 20.8 Å². The number of carbonyl (C=O) groups excluding carboxylic acids is 1. The molecule has 6 heteroatoms. The van der Waals surface area contributed by atoms with Gasteiger partial charge in [0.1, 0.15) is 5.75 Å². The quantitative estimate of drug-likeness (QED) is 0.253. The second kappa shape index (κ2) is 9.54. The Balaban J connectivity index is 2.29. The first-order chi connectivity index (χ1) is 13.0. The van der Waals surface area contributed by atoms with Gasteiger partial charge in [-0.2, -0.15) is 0 Å². The van der Waals surface area contributed by atoms with E-state index in [9.17, 15) is 4.79 Å². The average molecular weight is 367 g/mol. The van der Waals surface area contributed by atoms with Gasteiger partial charge < -0.3 is 9.47 Å². The van der Waals surface area contributed by atoms with Crippen LogP contribution in [0.25, 0.3) is 5.57 Å². The number of pyridine rings is 1. The molecule has 27 heavy (non-hydrogen) atoms. The molecule has 0 aliphatic heterocycles. The Morgan fingerprint density at radius 2 is 1.96 bits per heavy atom. The van der Waals surface area contributed by atoms with E-state index in [-0.39, 0.29) is 0 Å². The van der Waals surface area contributed by atoms with Gasteiger partial charge in [-0.25, -0.2) is 15.6 Å². The predicted octanol–water partition coefficient (Wildman–Crippen LogP) is 3.49. The van der Waals surface area contributed by atoms with E-state index in [4.69, 9.17) is 15.3 Å². The van der Waals surface area contributed by atoms with Gasteiger partial charge in [-0.15, -0.1) is 0 Å². The van der Waals surface area contributed by atoms with Crippen LogP contribution in [0, 0.1) is 0 Å². The van der Waals surface area contributed by atoms with E-state index in [1.807, 2.05) is 43.3 Å². The van der Waals surface area contributed by atoms with Gasteiger partial charge in [0.15, 0.2) is 5.82 Å². The summed E-state index contributed by atoms with van der Waals surface area (Å²) in [5.74, 6) is 7.25. The number of methoxy groups -OCH3 is 2. The summed E-state index contributed by atoms with van der Waals surface area (Å²) >= 11 is 0. The minimum atomic E-state index is -0.415. The number of carbonyl (C=O) groups is 1. The zero-order valence-corrected chi connectivity index (χ0v) is 15.9. The zero-order valence-electron chi connectivity index (χ0n) is 15.9. The standard InChI is InChI=1S/C21H25N3O3/c1-5-17(13-20(25)27-4)15(2)19-7-6-12-23-21(19)24(22)14-16-8-10-18(26-3)11-9-16/h6-13H,2,5,14,22H2,1,3-4H3/b17-13-. The third-order valence-electron chi connectivity index (χ3n) is 4.16. The molecule has 0 aliphatic carbocycles. The number of hydrogen-bond acceptors (Lipinski definition) is 6. The van der Waals surface area contributed by atoms with Crippen LogP contribution in [0.4, 0.5) is 5.82 Å². The summed E-state index contributed by atoms with van der Waals surface area (Å²) in [7, 11) is 2.98. The number of aromatic nitrogens is 1. The van der Waals surface area contributed by atoms with Crippen molar-refractivity contribution in [1.82, 2.24) is 4.98 Å². The van der Waals surface area contributed by atoms with Crippen LogP contribution in [0.2, 0.25) is 0 Å². The lowest BCUT2D eigenvalue weighted by molar-refractivity contribution is -0.134. The van der Waals surface area contributed by atoms with Gasteiger partial charge in [-0.3, -0.25) is 5.01 Å². The van der Waals surface area contributed by atoms with Crippen molar-refractivity contribution in [3.8, 4) is 5.75 Å². The number of nitrogens with zero attached hydrogens (tertiary/aromatic N) is 2. The molecule has 0 amide bonds. The molecule has 0 fully saturated rings. The van der Waals surface area contributed by atoms with Gasteiger partial charge in [-0.05, 0) is 47.4 Å². The second-order valence-corrected chi connectivity index (χ2v) is 5.88. The van der Waals surface area contributed by atoms with Crippen molar-refractivity contribution >= 4 is 17.4 Å². The van der Waals surface area contributed by atoms with Gasteiger partial charge in [-0.1, -0.05) is 25.6 Å². The fraction of sp³-hybridized carbons (Fsp3) is 0.238. The van der Waals surface area contributed by atoms with Crippen LogP contribution in [0.5, 0.6) is 5.75 Å². The summed E-state index contributed by atoms with van der Waals surface area (Å²) in [6.07, 6.45) is 3.75. The van der Waals surface area contributed by atoms with Gasteiger partial charge in [0, 0.05) is 17.8 Å². The van der Waals surface area contributed by atoms with E-state index in [1.54, 1.807) is 18.3 Å². The molecule has 0 atom stereocenters. The summed E-state index contributed by atoms with van der Waals surface area (Å²) in [6.45, 7) is 6.56. The van der Waals surface area contributed by atoms with E-state index in [2.05, 4.69) is 11.6 Å². The molecule has 2 aromatic rings. The van der Waals surface area contributed by atoms with Crippen molar-refractivity contribution in [3.05, 3.63) is 72.0 Å². The van der Waals surface area contributed by atoms with Crippen molar-refractivity contribution in [2.24, 2.45) is 5.84 Å². The van der Waals surface area contributed by atoms with E-state index in [0.717, 1.165) is 22.4 Å². The smallest absolute Gasteiger partial charge is 0.330 e. The molecule has 6 nitrogen and oxygen atoms in total. The summed E-state index contributed by atoms with van der Waals surface area (Å²) in [5.41, 5.74) is 3.25. The lowest BCUT2D eigenvalue weighted by Crippen LogP contribution is -2.31. The molecule has 0 saturated heterocycles. The number of anilines is 1. The molecule has 0 saturated carbocycles. The molecule has 2 N–H and O–H groups in total. The molecule has 1 heterocycles. The fourth-order valence-electron chi connectivity index (χ4n) is 2.64. The Kier molecular flexibility index (Phi) is 7.14. The molecule has 0 bridgehead atoms. The number of ether oxygens (including phenoxy) is 2. The number of nitrogens with two attached hydrogens (primary N) is 1. The van der Waals surface area contributed by atoms with Crippen LogP contribution in [-0.2, 0) is 16.1 Å². The van der Waals surface area contributed by atoms with E-state index in [1.165, 1.54) is 13.2 Å². The van der Waals surface area contributed by atoms with Crippen molar-refractivity contribution in [2.75, 3.05) is 19.2 Å². The lowest BCUT2D eigenvalue weighted by atomic mass is 9.97. The molecule has 1 aromatic heterocycles. The molecule has 0 aliphatic rings. The molecular formula is C21H25N3O3. The molecule has 0 unspecified atom stereocenters. The van der Waals surface area contributed by atoms with Crippen LogP contribution >= 0.6 is 0 Å². The van der Waals surface area contributed by atoms with Crippen LogP contribution < -0.4 is 15.6 Å². The summed E-state index contributed by atoms with van der Waals surface area (Å²) in [5, 5.41) is 1.56. The topological polar surface area (TPSA) is 77.7 Å². The maximum atomic E-state index is 11.6. The van der Waals surface area contributed by atoms with Gasteiger partial charge >= 0.3 is 5.97 Å². The Labute approximate surface area is 159 Å². The maximum absolute atomic E-state index is 11.6. The molecule has 0 radical (unpaired) electrons. The molecule has 0 spiro atoms. The Morgan fingerprint density at radius 1 is 1.26 bits per heavy atom. The monoisotopic (exact) mass is 367 g/mol. The van der Waals surface area contributed by atoms with Gasteiger partial charge in [0.25, 0.3) is 0 Å². The van der Waals surface area contributed by atoms with E-state index in [0.29, 0.717) is 24.4 Å². The zero-order chi connectivity index (χ0) is 19.8. The highest BCUT2D eigenvalue weighted by Gasteiger charge is 2.15. The summed E-state index contributed by atoms with van der Waals surface area (Å²) in [4.78, 5) is 16.0. The molecule has 142 valence electrons. The largest absolute Gasteiger partial charge is 0.497 e. The molecular weight excluding hydrogens is 342 g/mol. The lowest BCUT2D eigenvalue weighted by Gasteiger charge is -2.22. The normalized spacial score (nSPS) is 11.0. The summed E-state index contributed by atoms with van der Waals surface area (Å²) in [6, 6.07) is 11.4. The number of allylic oxidation sites excluding steroid dienone is 2. The first kappa shape index (κ1) is 20.2. The minimum Gasteiger partial charge on any atom is -0.497 e. The highest BCUT2D eigenvalue weighted by molar-refractivity contribution is 5.91. The molecule has 1 aromatic carbocycles. The first-order valence-electron chi connectivity index (χ1n) is 8.58. The fourth-order valence-corrected chi connectivity index (χ4v) is 2.64. The van der Waals surface area contributed by atoms with Gasteiger partial charge in [0.2, 0.25) is 0 Å². The number of benzene rings is 1. The Bertz CT molecular complexity index is 829. The van der Waals surface area contributed by atoms with Crippen LogP contribution in [0.3, 0.4) is 0 Å². The maximum Gasteiger partial charge on any atom is 0.330 e. The first-order valence-corrected chi connectivity index (χ1v) is 8.58. The van der Waals surface area contributed by atoms with Crippen LogP contribution in [0.15, 0.2) is 60.8 Å². The van der Waals surface area contributed by atoms with Crippen molar-refractivity contribution < 1.29 is 14.3 Å². The van der Waals surface area contributed by atoms with Crippen molar-refractivity contribution in [3.63, 3.8) is 0 Å². The number of esters is 1. The van der Waals surface area contributed by atoms with Crippen molar-refractivity contribution in [1.29, 1.82) is 0 Å². The third kappa shape index (κ3) is 5.18. The number of hydrazine groups is 1. The van der Waals surface area contributed by atoms with E-state index < -0.39 is 5.97 Å². The Morgan fingerprint density at radius 3 is 2.56 bits per heavy atom. The highest BCUT2D eigenvalue weighted by Crippen LogP contribution is 2.30. The third-order valence-corrected chi connectivity index (χ3v) is 4.16. The summed E-state index contributed by atoms with van der Waals surface area (Å²) < 4.78 is 9.90. The van der Waals surface area contributed by atoms with Crippen LogP contribution in [-0.4, -0.2) is 25.2 Å². The average Bonchev–Trinajstić information content (AvgIpc) is 2.71. The number of rotatable bonds is 8. The highest BCUT2D eigenvalue weighted by atomic mass is 16.5. The minimum absolute atomic E-state index is 0.415. The Hall–Kier alpha value is -3.12.